The first-order chi connectivity index (χ1) is 21.9. The van der Waals surface area contributed by atoms with Crippen molar-refractivity contribution in [3.8, 4) is 0 Å². The van der Waals surface area contributed by atoms with Crippen molar-refractivity contribution in [1.82, 2.24) is 15.5 Å². The average Bonchev–Trinajstić information content (AvgIpc) is 2.96. The third-order valence-corrected chi connectivity index (χ3v) is 9.21. The molecule has 5 N–H and O–H groups in total. The van der Waals surface area contributed by atoms with Crippen molar-refractivity contribution >= 4 is 27.6 Å². The van der Waals surface area contributed by atoms with Gasteiger partial charge in [0.05, 0.1) is 23.3 Å². The van der Waals surface area contributed by atoms with Gasteiger partial charge in [-0.25, -0.2) is 17.2 Å². The topological polar surface area (TPSA) is 159 Å². The van der Waals surface area contributed by atoms with Gasteiger partial charge in [0, 0.05) is 50.0 Å². The Kier molecular flexibility index (Phi) is 15.2. The number of nitrogens with two attached hydrogens (primary N) is 1. The molecule has 0 fully saturated rings. The summed E-state index contributed by atoms with van der Waals surface area (Å²) in [5, 5.41) is 17.5. The highest BCUT2D eigenvalue weighted by molar-refractivity contribution is 7.90. The van der Waals surface area contributed by atoms with Crippen LogP contribution in [0.5, 0.6) is 0 Å². The molecule has 4 atom stereocenters. The van der Waals surface area contributed by atoms with Crippen LogP contribution >= 0.6 is 0 Å². The largest absolute Gasteiger partial charge is 0.391 e. The van der Waals surface area contributed by atoms with E-state index in [-0.39, 0.29) is 48.9 Å². The number of hydrogen-bond donors (Lipinski definition) is 4. The number of halogens is 2. The van der Waals surface area contributed by atoms with Crippen molar-refractivity contribution in [3.05, 3.63) is 58.7 Å². The van der Waals surface area contributed by atoms with E-state index in [4.69, 9.17) is 5.73 Å². The summed E-state index contributed by atoms with van der Waals surface area (Å²) >= 11 is 0. The van der Waals surface area contributed by atoms with Gasteiger partial charge in [0.15, 0.2) is 0 Å². The summed E-state index contributed by atoms with van der Waals surface area (Å²) in [6.45, 7) is 10.5. The van der Waals surface area contributed by atoms with E-state index in [1.54, 1.807) is 24.0 Å². The second kappa shape index (κ2) is 17.8. The maximum atomic E-state index is 14.3. The molecule has 1 aliphatic carbocycles. The van der Waals surface area contributed by atoms with Gasteiger partial charge < -0.3 is 26.4 Å². The number of sulfone groups is 1. The molecular formula is C34H52F2N4O6S. The smallest absolute Gasteiger partial charge is 0.249 e. The minimum Gasteiger partial charge on any atom is -0.391 e. The number of amides is 3. The van der Waals surface area contributed by atoms with Crippen molar-refractivity contribution in [3.63, 3.8) is 0 Å². The molecule has 1 aliphatic rings. The fraction of sp³-hybridized carbons (Fsp3) is 0.618. The summed E-state index contributed by atoms with van der Waals surface area (Å²) in [7, 11) is -3.43. The van der Waals surface area contributed by atoms with Gasteiger partial charge in [-0.3, -0.25) is 14.4 Å². The van der Waals surface area contributed by atoms with Crippen LogP contribution < -0.4 is 16.4 Å². The predicted octanol–water partition coefficient (Wildman–Crippen LogP) is 3.05. The number of aliphatic hydroxyl groups is 1. The fourth-order valence-corrected chi connectivity index (χ4v) is 6.71. The normalized spacial score (nSPS) is 18.6. The van der Waals surface area contributed by atoms with Gasteiger partial charge in [-0.15, -0.1) is 0 Å². The van der Waals surface area contributed by atoms with Crippen LogP contribution in [0.4, 0.5) is 8.78 Å². The van der Waals surface area contributed by atoms with Crippen LogP contribution in [0, 0.1) is 28.9 Å². The number of hydrogen-bond acceptors (Lipinski definition) is 7. The lowest BCUT2D eigenvalue weighted by molar-refractivity contribution is -0.132. The van der Waals surface area contributed by atoms with Gasteiger partial charge in [-0.1, -0.05) is 45.4 Å². The fourth-order valence-electron chi connectivity index (χ4n) is 6.05. The minimum absolute atomic E-state index is 0.0820. The molecule has 264 valence electrons. The van der Waals surface area contributed by atoms with Crippen molar-refractivity contribution in [2.24, 2.45) is 23.0 Å². The number of primary amides is 1. The molecule has 1 aromatic rings. The van der Waals surface area contributed by atoms with Gasteiger partial charge in [0.1, 0.15) is 21.5 Å². The molecule has 47 heavy (non-hydrogen) atoms. The Bertz CT molecular complexity index is 1410. The third kappa shape index (κ3) is 12.1. The molecule has 0 heterocycles. The summed E-state index contributed by atoms with van der Waals surface area (Å²) in [6, 6.07) is 1.91. The van der Waals surface area contributed by atoms with Crippen LogP contribution in [0.3, 0.4) is 0 Å². The first-order valence-corrected chi connectivity index (χ1v) is 18.3. The second-order valence-electron chi connectivity index (χ2n) is 13.1. The molecule has 13 heteroatoms. The molecule has 0 bridgehead atoms. The molecule has 1 aromatic carbocycles. The summed E-state index contributed by atoms with van der Waals surface area (Å²) in [6.07, 6.45) is 3.90. The molecular weight excluding hydrogens is 630 g/mol. The maximum absolute atomic E-state index is 14.3. The lowest BCUT2D eigenvalue weighted by Gasteiger charge is -2.42. The Morgan fingerprint density at radius 2 is 1.66 bits per heavy atom. The summed E-state index contributed by atoms with van der Waals surface area (Å²) in [5.41, 5.74) is 5.47. The predicted molar refractivity (Wildman–Crippen MR) is 179 cm³/mol. The van der Waals surface area contributed by atoms with Crippen molar-refractivity contribution in [2.45, 2.75) is 78.9 Å². The third-order valence-electron chi connectivity index (χ3n) is 8.23. The molecule has 0 aliphatic heterocycles. The Hall–Kier alpha value is -3.16. The monoisotopic (exact) mass is 682 g/mol. The van der Waals surface area contributed by atoms with E-state index in [0.717, 1.165) is 31.2 Å². The van der Waals surface area contributed by atoms with E-state index in [0.29, 0.717) is 36.8 Å². The lowest BCUT2D eigenvalue weighted by Crippen LogP contribution is -2.54. The van der Waals surface area contributed by atoms with Crippen LogP contribution in [-0.2, 0) is 30.6 Å². The molecule has 0 radical (unpaired) electrons. The number of aliphatic hydroxyl groups excluding tert-OH is 1. The highest BCUT2D eigenvalue weighted by atomic mass is 32.2. The van der Waals surface area contributed by atoms with Gasteiger partial charge in [0.2, 0.25) is 17.7 Å². The number of carbonyl (C=O) groups excluding carboxylic acids is 3. The van der Waals surface area contributed by atoms with Crippen LogP contribution in [-0.4, -0.2) is 86.5 Å². The molecule has 0 spiro atoms. The Morgan fingerprint density at radius 1 is 1.06 bits per heavy atom. The zero-order valence-corrected chi connectivity index (χ0v) is 29.3. The second-order valence-corrected chi connectivity index (χ2v) is 15.4. The average molecular weight is 683 g/mol. The van der Waals surface area contributed by atoms with Crippen LogP contribution in [0.1, 0.15) is 65.9 Å². The standard InChI is InChI=1S/C34H52F2N4O6S/c1-7-10-40(11-8-2)32(43)25-13-23(5)18-34(19-25,33(37)44)28(16-24-14-26(35)17-27(36)15-24)30(41)21-38-29(9-12-47(6,45)46)31(42)39-20-22(3)4/h13-15,17-18,22,28-30,38,41H,7-12,16,19-21H2,1-6H3,(H2,37,44)(H,39,42)/t28-,29+,30+,34?/m1/s1. The molecule has 0 saturated heterocycles. The number of rotatable bonds is 19. The SMILES string of the molecule is CCCN(CCC)C(=O)C1=CC(C)=CC(C(N)=O)([C@H](Cc2cc(F)cc(F)c2)[C@@H](O)CN[C@@H](CCS(C)(=O)=O)C(=O)NCC(C)C)C1. The summed E-state index contributed by atoms with van der Waals surface area (Å²) in [4.78, 5) is 42.0. The quantitative estimate of drug-likeness (QED) is 0.175. The zero-order valence-electron chi connectivity index (χ0n) is 28.4. The molecule has 0 saturated carbocycles. The zero-order chi connectivity index (χ0) is 35.5. The number of allylic oxidation sites excluding steroid dienone is 2. The summed E-state index contributed by atoms with van der Waals surface area (Å²) < 4.78 is 52.5. The van der Waals surface area contributed by atoms with E-state index >= 15 is 0 Å². The van der Waals surface area contributed by atoms with E-state index in [1.165, 1.54) is 0 Å². The van der Waals surface area contributed by atoms with Crippen molar-refractivity contribution in [2.75, 3.05) is 38.2 Å². The number of carbonyl (C=O) groups is 3. The van der Waals surface area contributed by atoms with Crippen LogP contribution in [0.2, 0.25) is 0 Å². The lowest BCUT2D eigenvalue weighted by atomic mass is 9.63. The first-order valence-electron chi connectivity index (χ1n) is 16.2. The highest BCUT2D eigenvalue weighted by Crippen LogP contribution is 2.44. The number of nitrogens with zero attached hydrogens (tertiary/aromatic N) is 1. The first kappa shape index (κ1) is 40.0. The van der Waals surface area contributed by atoms with E-state index in [1.807, 2.05) is 27.7 Å². The van der Waals surface area contributed by atoms with Gasteiger partial charge in [0.25, 0.3) is 0 Å². The van der Waals surface area contributed by atoms with Crippen molar-refractivity contribution < 1.29 is 36.7 Å². The van der Waals surface area contributed by atoms with Crippen LogP contribution in [0.15, 0.2) is 41.5 Å². The van der Waals surface area contributed by atoms with Gasteiger partial charge >= 0.3 is 0 Å². The molecule has 3 amide bonds. The molecule has 0 aromatic heterocycles. The van der Waals surface area contributed by atoms with E-state index in [2.05, 4.69) is 10.6 Å². The maximum Gasteiger partial charge on any atom is 0.249 e. The van der Waals surface area contributed by atoms with Crippen molar-refractivity contribution in [1.29, 1.82) is 0 Å². The van der Waals surface area contributed by atoms with E-state index in [9.17, 15) is 36.7 Å². The summed E-state index contributed by atoms with van der Waals surface area (Å²) in [5.74, 6) is -4.53. The molecule has 2 rings (SSSR count). The van der Waals surface area contributed by atoms with E-state index < -0.39 is 56.8 Å². The number of benzene rings is 1. The Morgan fingerprint density at radius 3 is 2.17 bits per heavy atom. The Labute approximate surface area is 278 Å². The van der Waals surface area contributed by atoms with Gasteiger partial charge in [-0.05, 0) is 62.6 Å². The number of nitrogens with one attached hydrogen (secondary N) is 2. The van der Waals surface area contributed by atoms with Gasteiger partial charge in [-0.2, -0.15) is 0 Å². The molecule has 10 nitrogen and oxygen atoms in total. The minimum atomic E-state index is -3.43. The Balaban J connectivity index is 2.56. The molecule has 1 unspecified atom stereocenters. The highest BCUT2D eigenvalue weighted by Gasteiger charge is 2.48. The van der Waals surface area contributed by atoms with Crippen LogP contribution in [0.25, 0.3) is 0 Å².